The average Bonchev–Trinajstić information content (AvgIpc) is 3.09. The molecule has 1 aliphatic heterocycles. The lowest BCUT2D eigenvalue weighted by atomic mass is 9.89. The zero-order valence-electron chi connectivity index (χ0n) is 14.1. The Balaban J connectivity index is 1.72. The summed E-state index contributed by atoms with van der Waals surface area (Å²) in [4.78, 5) is 25.8. The molecule has 0 unspecified atom stereocenters. The number of hydrogen-bond acceptors (Lipinski definition) is 3. The topological polar surface area (TPSA) is 77.8 Å². The zero-order valence-corrected chi connectivity index (χ0v) is 14.1. The predicted molar refractivity (Wildman–Crippen MR) is 92.9 cm³/mol. The summed E-state index contributed by atoms with van der Waals surface area (Å²) in [7, 11) is 0. The largest absolute Gasteiger partial charge is 0.481 e. The average molecular weight is 357 g/mol. The number of halogens is 1. The third-order valence-corrected chi connectivity index (χ3v) is 4.85. The third kappa shape index (κ3) is 3.91. The fourth-order valence-corrected chi connectivity index (χ4v) is 3.35. The number of aliphatic carboxylic acids is 1. The zero-order chi connectivity index (χ0) is 18.7. The van der Waals surface area contributed by atoms with Gasteiger partial charge in [-0.05, 0) is 28.8 Å². The highest BCUT2D eigenvalue weighted by Gasteiger charge is 2.40. The summed E-state index contributed by atoms with van der Waals surface area (Å²) in [6, 6.07) is 12.9. The smallest absolute Gasteiger partial charge is 0.308 e. The molecule has 1 fully saturated rings. The molecule has 3 rings (SSSR count). The molecule has 0 bridgehead atoms. The minimum Gasteiger partial charge on any atom is -0.481 e. The molecule has 1 amide bonds. The highest BCUT2D eigenvalue weighted by atomic mass is 19.1. The molecule has 2 N–H and O–H groups in total. The molecule has 26 heavy (non-hydrogen) atoms. The van der Waals surface area contributed by atoms with Gasteiger partial charge in [-0.25, -0.2) is 4.39 Å². The number of carbonyl (C=O) groups is 2. The number of aliphatic hydroxyl groups is 1. The van der Waals surface area contributed by atoms with Crippen molar-refractivity contribution in [1.82, 2.24) is 4.90 Å². The summed E-state index contributed by atoms with van der Waals surface area (Å²) in [6.45, 7) is 0.390. The van der Waals surface area contributed by atoms with Crippen LogP contribution in [0, 0.1) is 11.7 Å². The number of aliphatic hydroxyl groups excluding tert-OH is 1. The highest BCUT2D eigenvalue weighted by molar-refractivity contribution is 5.81. The molecule has 0 radical (unpaired) electrons. The van der Waals surface area contributed by atoms with Gasteiger partial charge in [0.2, 0.25) is 5.91 Å². The van der Waals surface area contributed by atoms with E-state index in [4.69, 9.17) is 5.11 Å². The standard InChI is InChI=1S/C20H20FNO4/c21-16-7-5-15(6-8-16)17-10-22(11-18(17)20(25)26)19(24)9-13-1-3-14(12-23)4-2-13/h1-8,17-18,23H,9-12H2,(H,25,26)/t17-,18+/m0/s1. The minimum absolute atomic E-state index is 0.0556. The van der Waals surface area contributed by atoms with Crippen molar-refractivity contribution in [2.75, 3.05) is 13.1 Å². The summed E-state index contributed by atoms with van der Waals surface area (Å²) < 4.78 is 13.1. The van der Waals surface area contributed by atoms with E-state index in [2.05, 4.69) is 0 Å². The number of amides is 1. The first kappa shape index (κ1) is 18.1. The van der Waals surface area contributed by atoms with Crippen LogP contribution >= 0.6 is 0 Å². The third-order valence-electron chi connectivity index (χ3n) is 4.85. The highest BCUT2D eigenvalue weighted by Crippen LogP contribution is 2.33. The number of hydrogen-bond donors (Lipinski definition) is 2. The first-order chi connectivity index (χ1) is 12.5. The lowest BCUT2D eigenvalue weighted by Gasteiger charge is -2.17. The first-order valence-electron chi connectivity index (χ1n) is 8.42. The number of likely N-dealkylation sites (tertiary alicyclic amines) is 1. The van der Waals surface area contributed by atoms with Crippen LogP contribution in [0.15, 0.2) is 48.5 Å². The molecule has 1 saturated heterocycles. The molecule has 6 heteroatoms. The Morgan fingerprint density at radius 2 is 1.62 bits per heavy atom. The van der Waals surface area contributed by atoms with E-state index in [0.717, 1.165) is 16.7 Å². The monoisotopic (exact) mass is 357 g/mol. The first-order valence-corrected chi connectivity index (χ1v) is 8.42. The number of carboxylic acid groups (broad SMARTS) is 1. The summed E-state index contributed by atoms with van der Waals surface area (Å²) in [6.07, 6.45) is 0.175. The summed E-state index contributed by atoms with van der Waals surface area (Å²) >= 11 is 0. The van der Waals surface area contributed by atoms with Gasteiger partial charge in [0.05, 0.1) is 18.9 Å². The molecular weight excluding hydrogens is 337 g/mol. The van der Waals surface area contributed by atoms with Gasteiger partial charge in [0.25, 0.3) is 0 Å². The van der Waals surface area contributed by atoms with Crippen LogP contribution in [-0.4, -0.2) is 40.1 Å². The molecule has 2 atom stereocenters. The quantitative estimate of drug-likeness (QED) is 0.860. The number of benzene rings is 2. The van der Waals surface area contributed by atoms with Gasteiger partial charge in [-0.2, -0.15) is 0 Å². The van der Waals surface area contributed by atoms with Crippen LogP contribution < -0.4 is 0 Å². The van der Waals surface area contributed by atoms with E-state index in [-0.39, 0.29) is 37.2 Å². The van der Waals surface area contributed by atoms with Gasteiger partial charge in [0, 0.05) is 19.0 Å². The maximum atomic E-state index is 13.1. The van der Waals surface area contributed by atoms with E-state index in [0.29, 0.717) is 6.54 Å². The Morgan fingerprint density at radius 3 is 2.19 bits per heavy atom. The molecule has 2 aromatic rings. The van der Waals surface area contributed by atoms with Crippen molar-refractivity contribution in [2.45, 2.75) is 18.9 Å². The number of nitrogens with zero attached hydrogens (tertiary/aromatic N) is 1. The molecule has 0 spiro atoms. The van der Waals surface area contributed by atoms with Gasteiger partial charge in [-0.15, -0.1) is 0 Å². The minimum atomic E-state index is -0.957. The molecule has 0 aliphatic carbocycles. The summed E-state index contributed by atoms with van der Waals surface area (Å²) in [5, 5.41) is 18.6. The van der Waals surface area contributed by atoms with Gasteiger partial charge in [0.15, 0.2) is 0 Å². The van der Waals surface area contributed by atoms with Crippen LogP contribution in [0.1, 0.15) is 22.6 Å². The van der Waals surface area contributed by atoms with E-state index >= 15 is 0 Å². The lowest BCUT2D eigenvalue weighted by Crippen LogP contribution is -2.31. The van der Waals surface area contributed by atoms with Crippen molar-refractivity contribution >= 4 is 11.9 Å². The van der Waals surface area contributed by atoms with Crippen LogP contribution in [0.3, 0.4) is 0 Å². The molecule has 2 aromatic carbocycles. The van der Waals surface area contributed by atoms with Crippen molar-refractivity contribution < 1.29 is 24.2 Å². The molecule has 0 saturated carbocycles. The normalized spacial score (nSPS) is 19.5. The van der Waals surface area contributed by atoms with Crippen LogP contribution in [0.5, 0.6) is 0 Å². The Morgan fingerprint density at radius 1 is 1.00 bits per heavy atom. The fraction of sp³-hybridized carbons (Fsp3) is 0.300. The predicted octanol–water partition coefficient (Wildman–Crippen LogP) is 2.19. The van der Waals surface area contributed by atoms with Crippen molar-refractivity contribution in [3.63, 3.8) is 0 Å². The Kier molecular flexibility index (Phi) is 5.32. The molecule has 1 heterocycles. The second-order valence-corrected chi connectivity index (χ2v) is 6.55. The van der Waals surface area contributed by atoms with E-state index in [1.54, 1.807) is 41.3 Å². The number of carboxylic acids is 1. The van der Waals surface area contributed by atoms with Crippen LogP contribution in [0.25, 0.3) is 0 Å². The number of carbonyl (C=O) groups excluding carboxylic acids is 1. The Labute approximate surface area is 150 Å². The van der Waals surface area contributed by atoms with Crippen LogP contribution in [-0.2, 0) is 22.6 Å². The van der Waals surface area contributed by atoms with E-state index in [1.807, 2.05) is 0 Å². The summed E-state index contributed by atoms with van der Waals surface area (Å²) in [5.41, 5.74) is 2.30. The fourth-order valence-electron chi connectivity index (χ4n) is 3.35. The van der Waals surface area contributed by atoms with Crippen molar-refractivity contribution in [1.29, 1.82) is 0 Å². The maximum absolute atomic E-state index is 13.1. The van der Waals surface area contributed by atoms with Crippen molar-refractivity contribution in [3.8, 4) is 0 Å². The van der Waals surface area contributed by atoms with Gasteiger partial charge in [-0.3, -0.25) is 9.59 Å². The van der Waals surface area contributed by atoms with Gasteiger partial charge < -0.3 is 15.1 Å². The van der Waals surface area contributed by atoms with Crippen molar-refractivity contribution in [3.05, 3.63) is 71.0 Å². The van der Waals surface area contributed by atoms with Crippen LogP contribution in [0.2, 0.25) is 0 Å². The molecule has 136 valence electrons. The van der Waals surface area contributed by atoms with Crippen LogP contribution in [0.4, 0.5) is 4.39 Å². The maximum Gasteiger partial charge on any atom is 0.308 e. The summed E-state index contributed by atoms with van der Waals surface area (Å²) in [5.74, 6) is -2.53. The molecule has 1 aliphatic rings. The lowest BCUT2D eigenvalue weighted by molar-refractivity contribution is -0.141. The van der Waals surface area contributed by atoms with E-state index < -0.39 is 11.9 Å². The molecular formula is C20H20FNO4. The molecule has 0 aromatic heterocycles. The van der Waals surface area contributed by atoms with Gasteiger partial charge in [0.1, 0.15) is 5.82 Å². The second-order valence-electron chi connectivity index (χ2n) is 6.55. The van der Waals surface area contributed by atoms with Gasteiger partial charge >= 0.3 is 5.97 Å². The molecule has 5 nitrogen and oxygen atoms in total. The van der Waals surface area contributed by atoms with E-state index in [9.17, 15) is 19.1 Å². The van der Waals surface area contributed by atoms with Gasteiger partial charge in [-0.1, -0.05) is 36.4 Å². The Hall–Kier alpha value is -2.73. The second kappa shape index (κ2) is 7.66. The number of rotatable bonds is 5. The SMILES string of the molecule is O=C(O)[C@@H]1CN(C(=O)Cc2ccc(CO)cc2)C[C@H]1c1ccc(F)cc1. The van der Waals surface area contributed by atoms with Crippen molar-refractivity contribution in [2.24, 2.45) is 5.92 Å². The Bertz CT molecular complexity index is 788. The van der Waals surface area contributed by atoms with E-state index in [1.165, 1.54) is 12.1 Å².